The van der Waals surface area contributed by atoms with Crippen LogP contribution in [-0.2, 0) is 15.8 Å². The van der Waals surface area contributed by atoms with Crippen LogP contribution in [0.15, 0.2) is 48.5 Å². The summed E-state index contributed by atoms with van der Waals surface area (Å²) in [5, 5.41) is 11.3. The summed E-state index contributed by atoms with van der Waals surface area (Å²) in [6.45, 7) is 1.90. The fourth-order valence-electron chi connectivity index (χ4n) is 3.19. The summed E-state index contributed by atoms with van der Waals surface area (Å²) in [5.41, 5.74) is -4.20. The molecule has 0 aliphatic heterocycles. The van der Waals surface area contributed by atoms with Crippen molar-refractivity contribution in [3.63, 3.8) is 0 Å². The van der Waals surface area contributed by atoms with Gasteiger partial charge < -0.3 is 15.2 Å². The Hall–Kier alpha value is -4.14. The first-order chi connectivity index (χ1) is 19.0. The van der Waals surface area contributed by atoms with Crippen molar-refractivity contribution >= 4 is 46.5 Å². The molecule has 0 aliphatic rings. The van der Waals surface area contributed by atoms with Crippen molar-refractivity contribution in [1.29, 1.82) is 0 Å². The van der Waals surface area contributed by atoms with Crippen LogP contribution in [0, 0.1) is 28.9 Å². The highest BCUT2D eigenvalue weighted by atomic mass is 35.5. The Morgan fingerprint density at radius 3 is 2.32 bits per heavy atom. The van der Waals surface area contributed by atoms with Gasteiger partial charge in [0.25, 0.3) is 5.91 Å². The molecule has 0 spiro atoms. The number of aliphatic carboxylic acids is 1. The Labute approximate surface area is 240 Å². The maximum atomic E-state index is 14.5. The number of halogens is 7. The Balaban J connectivity index is 1.79. The number of carbonyl (C=O) groups excluding carboxylic acids is 2. The average Bonchev–Trinajstić information content (AvgIpc) is 2.87. The first kappa shape index (κ1) is 31.4. The molecule has 0 saturated heterocycles. The largest absolute Gasteiger partial charge is 0.483 e. The first-order valence-corrected chi connectivity index (χ1v) is 12.1. The summed E-state index contributed by atoms with van der Waals surface area (Å²) in [6.07, 6.45) is -4.91. The van der Waals surface area contributed by atoms with Gasteiger partial charge in [0.1, 0.15) is 22.8 Å². The normalized spacial score (nSPS) is 11.3. The molecule has 3 aromatic carbocycles. The van der Waals surface area contributed by atoms with Crippen molar-refractivity contribution in [3.8, 4) is 17.6 Å². The third kappa shape index (κ3) is 7.96. The second kappa shape index (κ2) is 12.2. The smallest absolute Gasteiger partial charge is 0.416 e. The molecule has 0 aliphatic carbocycles. The summed E-state index contributed by atoms with van der Waals surface area (Å²) in [5.74, 6) is -0.773. The summed E-state index contributed by atoms with van der Waals surface area (Å²) < 4.78 is 73.1. The highest BCUT2D eigenvalue weighted by Crippen LogP contribution is 2.32. The number of nitrogens with one attached hydrogen (secondary N) is 1. The zero-order valence-corrected chi connectivity index (χ0v) is 22.6. The van der Waals surface area contributed by atoms with E-state index in [1.54, 1.807) is 0 Å². The Bertz CT molecular complexity index is 1610. The van der Waals surface area contributed by atoms with E-state index in [0.717, 1.165) is 18.2 Å². The minimum absolute atomic E-state index is 0.00906. The molecule has 0 radical (unpaired) electrons. The quantitative estimate of drug-likeness (QED) is 0.170. The number of ketones is 1. The van der Waals surface area contributed by atoms with Gasteiger partial charge in [-0.3, -0.25) is 14.4 Å². The van der Waals surface area contributed by atoms with E-state index in [0.29, 0.717) is 12.1 Å². The molecule has 0 heterocycles. The van der Waals surface area contributed by atoms with E-state index in [1.807, 2.05) is 0 Å². The molecule has 41 heavy (non-hydrogen) atoms. The van der Waals surface area contributed by atoms with Gasteiger partial charge in [0.2, 0.25) is 0 Å². The molecule has 0 bridgehead atoms. The number of hydrogen-bond donors (Lipinski definition) is 2. The second-order valence-corrected chi connectivity index (χ2v) is 9.87. The van der Waals surface area contributed by atoms with E-state index in [1.165, 1.54) is 26.0 Å². The van der Waals surface area contributed by atoms with Crippen molar-refractivity contribution in [2.24, 2.45) is 5.41 Å². The van der Waals surface area contributed by atoms with Crippen molar-refractivity contribution in [2.75, 3.05) is 11.9 Å². The molecule has 6 nitrogen and oxygen atoms in total. The third-order valence-corrected chi connectivity index (χ3v) is 5.96. The molecule has 1 amide bonds. The molecule has 3 rings (SSSR count). The van der Waals surface area contributed by atoms with Gasteiger partial charge in [-0.05, 0) is 56.3 Å². The van der Waals surface area contributed by atoms with Gasteiger partial charge in [0.15, 0.2) is 12.4 Å². The van der Waals surface area contributed by atoms with Crippen molar-refractivity contribution in [3.05, 3.63) is 92.5 Å². The zero-order valence-electron chi connectivity index (χ0n) is 21.1. The molecular formula is C28H18Cl2F5NO5. The van der Waals surface area contributed by atoms with Crippen molar-refractivity contribution in [1.82, 2.24) is 0 Å². The topological polar surface area (TPSA) is 92.7 Å². The third-order valence-electron chi connectivity index (χ3n) is 5.41. The molecule has 0 saturated carbocycles. The van der Waals surface area contributed by atoms with Gasteiger partial charge in [-0.25, -0.2) is 8.78 Å². The summed E-state index contributed by atoms with van der Waals surface area (Å²) >= 11 is 12.0. The Morgan fingerprint density at radius 1 is 1.00 bits per heavy atom. The van der Waals surface area contributed by atoms with Crippen LogP contribution in [0.3, 0.4) is 0 Å². The SMILES string of the molecule is CC(C)(C#Cc1cc(Cl)c(NC(=O)COc2ccc(Cl)cc2C(=O)c2cc(F)cc(C(F)(F)F)c2)cc1F)C(=O)O. The Morgan fingerprint density at radius 2 is 1.68 bits per heavy atom. The maximum absolute atomic E-state index is 14.5. The predicted molar refractivity (Wildman–Crippen MR) is 140 cm³/mol. The van der Waals surface area contributed by atoms with Crippen molar-refractivity contribution < 1.29 is 46.2 Å². The van der Waals surface area contributed by atoms with Crippen LogP contribution in [0.5, 0.6) is 5.75 Å². The number of alkyl halides is 3. The number of benzene rings is 3. The minimum Gasteiger partial charge on any atom is -0.483 e. The van der Waals surface area contributed by atoms with E-state index >= 15 is 0 Å². The van der Waals surface area contributed by atoms with E-state index in [2.05, 4.69) is 17.2 Å². The van der Waals surface area contributed by atoms with Gasteiger partial charge >= 0.3 is 12.1 Å². The molecule has 214 valence electrons. The van der Waals surface area contributed by atoms with Gasteiger partial charge in [0, 0.05) is 16.7 Å². The number of amides is 1. The predicted octanol–water partition coefficient (Wildman–Crippen LogP) is 7.00. The minimum atomic E-state index is -4.91. The maximum Gasteiger partial charge on any atom is 0.416 e. The number of anilines is 1. The van der Waals surface area contributed by atoms with Crippen LogP contribution in [0.25, 0.3) is 0 Å². The molecule has 0 atom stereocenters. The summed E-state index contributed by atoms with van der Waals surface area (Å²) in [7, 11) is 0. The Kier molecular flexibility index (Phi) is 9.31. The molecule has 13 heteroatoms. The molecule has 2 N–H and O–H groups in total. The lowest BCUT2D eigenvalue weighted by molar-refractivity contribution is -0.143. The molecule has 0 fully saturated rings. The number of ether oxygens (including phenoxy) is 1. The standard InChI is InChI=1S/C28H18Cl2F5NO5/c1-27(2,26(39)40)6-5-14-9-20(30)22(12-21(14)32)36-24(37)13-41-23-4-3-17(29)11-19(23)25(38)15-7-16(28(33,34)35)10-18(31)8-15/h3-4,7-12H,13H2,1-2H3,(H,36,37)(H,39,40). The number of rotatable bonds is 7. The molecule has 0 aromatic heterocycles. The van der Waals surface area contributed by atoms with Crippen molar-refractivity contribution in [2.45, 2.75) is 20.0 Å². The lowest BCUT2D eigenvalue weighted by atomic mass is 9.94. The van der Waals surface area contributed by atoms with Gasteiger partial charge in [0.05, 0.1) is 27.4 Å². The number of carbonyl (C=O) groups is 3. The van der Waals surface area contributed by atoms with Crippen LogP contribution in [0.4, 0.5) is 27.6 Å². The lowest BCUT2D eigenvalue weighted by Crippen LogP contribution is -2.21. The average molecular weight is 614 g/mol. The van der Waals surface area contributed by atoms with Crippen LogP contribution in [0.2, 0.25) is 10.0 Å². The summed E-state index contributed by atoms with van der Waals surface area (Å²) in [6, 6.07) is 6.81. The summed E-state index contributed by atoms with van der Waals surface area (Å²) in [4.78, 5) is 36.6. The first-order valence-electron chi connectivity index (χ1n) is 11.4. The van der Waals surface area contributed by atoms with E-state index in [-0.39, 0.29) is 38.7 Å². The fourth-order valence-corrected chi connectivity index (χ4v) is 3.57. The van der Waals surface area contributed by atoms with Crippen LogP contribution in [-0.4, -0.2) is 29.4 Å². The highest BCUT2D eigenvalue weighted by molar-refractivity contribution is 6.34. The van der Waals surface area contributed by atoms with Gasteiger partial charge in [-0.2, -0.15) is 13.2 Å². The van der Waals surface area contributed by atoms with E-state index in [4.69, 9.17) is 33.0 Å². The van der Waals surface area contributed by atoms with Gasteiger partial charge in [-0.1, -0.05) is 35.0 Å². The zero-order chi connectivity index (χ0) is 30.7. The second-order valence-electron chi connectivity index (χ2n) is 9.02. The van der Waals surface area contributed by atoms with E-state index < -0.39 is 58.6 Å². The molecule has 3 aromatic rings. The highest BCUT2D eigenvalue weighted by Gasteiger charge is 2.32. The molecular weight excluding hydrogens is 596 g/mol. The van der Waals surface area contributed by atoms with E-state index in [9.17, 15) is 36.3 Å². The van der Waals surface area contributed by atoms with Crippen LogP contribution < -0.4 is 10.1 Å². The number of carboxylic acid groups (broad SMARTS) is 1. The number of hydrogen-bond acceptors (Lipinski definition) is 4. The molecule has 0 unspecified atom stereocenters. The monoisotopic (exact) mass is 613 g/mol. The fraction of sp³-hybridized carbons (Fsp3) is 0.179. The number of carboxylic acids is 1. The van der Waals surface area contributed by atoms with Gasteiger partial charge in [-0.15, -0.1) is 0 Å². The lowest BCUT2D eigenvalue weighted by Gasteiger charge is -2.14. The van der Waals surface area contributed by atoms with Crippen LogP contribution >= 0.6 is 23.2 Å². The van der Waals surface area contributed by atoms with Crippen LogP contribution in [0.1, 0.15) is 40.9 Å².